The fourth-order valence-corrected chi connectivity index (χ4v) is 1.93. The summed E-state index contributed by atoms with van der Waals surface area (Å²) in [5.74, 6) is 0.152. The Morgan fingerprint density at radius 3 is 2.56 bits per heavy atom. The number of rotatable bonds is 5. The van der Waals surface area contributed by atoms with Gasteiger partial charge < -0.3 is 10.1 Å². The molecule has 0 aliphatic carbocycles. The van der Waals surface area contributed by atoms with Crippen molar-refractivity contribution in [2.45, 2.75) is 13.8 Å². The molecule has 0 unspecified atom stereocenters. The summed E-state index contributed by atoms with van der Waals surface area (Å²) in [4.78, 5) is 11.0. The number of hydrogen-bond donors (Lipinski definition) is 2. The van der Waals surface area contributed by atoms with E-state index in [0.29, 0.717) is 17.1 Å². The maximum Gasteiger partial charge on any atom is 0.232 e. The van der Waals surface area contributed by atoms with Gasteiger partial charge in [0.05, 0.1) is 24.2 Å². The van der Waals surface area contributed by atoms with E-state index in [4.69, 9.17) is 4.74 Å². The molecule has 100 valence electrons. The lowest BCUT2D eigenvalue weighted by Gasteiger charge is -2.12. The van der Waals surface area contributed by atoms with Crippen LogP contribution in [0, 0.1) is 0 Å². The minimum Gasteiger partial charge on any atom is -0.494 e. The van der Waals surface area contributed by atoms with Gasteiger partial charge >= 0.3 is 0 Å². The molecule has 0 spiro atoms. The SMILES string of the molecule is CCS(=O)(=O)Nc1ccc(NC(C)=O)c(OC)c1. The van der Waals surface area contributed by atoms with E-state index in [-0.39, 0.29) is 11.7 Å². The fraction of sp³-hybridized carbons (Fsp3) is 0.364. The van der Waals surface area contributed by atoms with Crippen molar-refractivity contribution in [3.63, 3.8) is 0 Å². The van der Waals surface area contributed by atoms with Crippen LogP contribution in [0.4, 0.5) is 11.4 Å². The number of benzene rings is 1. The summed E-state index contributed by atoms with van der Waals surface area (Å²) in [7, 11) is -1.88. The number of amides is 1. The second kappa shape index (κ2) is 5.72. The van der Waals surface area contributed by atoms with Crippen LogP contribution in [0.25, 0.3) is 0 Å². The van der Waals surface area contributed by atoms with Gasteiger partial charge in [0.2, 0.25) is 15.9 Å². The molecule has 0 bridgehead atoms. The van der Waals surface area contributed by atoms with Crippen LogP contribution in [-0.2, 0) is 14.8 Å². The van der Waals surface area contributed by atoms with Gasteiger partial charge in [-0.1, -0.05) is 0 Å². The molecule has 1 aromatic rings. The van der Waals surface area contributed by atoms with Crippen LogP contribution in [0.15, 0.2) is 18.2 Å². The summed E-state index contributed by atoms with van der Waals surface area (Å²) < 4.78 is 30.3. The van der Waals surface area contributed by atoms with E-state index in [1.165, 1.54) is 20.1 Å². The lowest BCUT2D eigenvalue weighted by molar-refractivity contribution is -0.114. The van der Waals surface area contributed by atoms with Gasteiger partial charge in [0.15, 0.2) is 0 Å². The third kappa shape index (κ3) is 3.92. The standard InChI is InChI=1S/C11H16N2O4S/c1-4-18(15,16)13-9-5-6-10(12-8(2)14)11(7-9)17-3/h5-7,13H,4H2,1-3H3,(H,12,14). The van der Waals surface area contributed by atoms with Crippen molar-refractivity contribution >= 4 is 27.3 Å². The lowest BCUT2D eigenvalue weighted by Crippen LogP contribution is -2.15. The Morgan fingerprint density at radius 2 is 2.06 bits per heavy atom. The van der Waals surface area contributed by atoms with Crippen LogP contribution in [0.2, 0.25) is 0 Å². The van der Waals surface area contributed by atoms with Crippen molar-refractivity contribution in [1.82, 2.24) is 0 Å². The molecule has 0 saturated carbocycles. The first kappa shape index (κ1) is 14.3. The van der Waals surface area contributed by atoms with E-state index in [1.807, 2.05) is 0 Å². The van der Waals surface area contributed by atoms with Crippen molar-refractivity contribution in [2.24, 2.45) is 0 Å². The first-order valence-electron chi connectivity index (χ1n) is 5.34. The number of anilines is 2. The van der Waals surface area contributed by atoms with Gasteiger partial charge in [-0.15, -0.1) is 0 Å². The van der Waals surface area contributed by atoms with Gasteiger partial charge in [-0.25, -0.2) is 8.42 Å². The molecule has 0 aliphatic rings. The largest absolute Gasteiger partial charge is 0.494 e. The molecule has 0 heterocycles. The Kier molecular flexibility index (Phi) is 4.55. The van der Waals surface area contributed by atoms with E-state index < -0.39 is 10.0 Å². The van der Waals surface area contributed by atoms with Crippen molar-refractivity contribution in [2.75, 3.05) is 22.9 Å². The third-order valence-corrected chi connectivity index (χ3v) is 3.47. The molecule has 7 heteroatoms. The molecule has 0 fully saturated rings. The summed E-state index contributed by atoms with van der Waals surface area (Å²) in [5, 5.41) is 2.59. The number of ether oxygens (including phenoxy) is 1. The van der Waals surface area contributed by atoms with Crippen molar-refractivity contribution in [3.8, 4) is 5.75 Å². The molecule has 6 nitrogen and oxygen atoms in total. The Balaban J connectivity index is 3.02. The second-order valence-electron chi connectivity index (χ2n) is 3.60. The van der Waals surface area contributed by atoms with E-state index in [1.54, 1.807) is 19.1 Å². The average Bonchev–Trinajstić information content (AvgIpc) is 2.30. The van der Waals surface area contributed by atoms with Gasteiger partial charge in [0.25, 0.3) is 0 Å². The molecule has 1 rings (SSSR count). The van der Waals surface area contributed by atoms with Crippen LogP contribution in [0.3, 0.4) is 0 Å². The zero-order valence-electron chi connectivity index (χ0n) is 10.5. The highest BCUT2D eigenvalue weighted by molar-refractivity contribution is 7.92. The molecule has 0 aliphatic heterocycles. The average molecular weight is 272 g/mol. The molecular formula is C11H16N2O4S. The van der Waals surface area contributed by atoms with Crippen molar-refractivity contribution in [1.29, 1.82) is 0 Å². The Hall–Kier alpha value is -1.76. The smallest absolute Gasteiger partial charge is 0.232 e. The first-order valence-corrected chi connectivity index (χ1v) is 6.99. The normalized spacial score (nSPS) is 10.8. The van der Waals surface area contributed by atoms with Crippen LogP contribution < -0.4 is 14.8 Å². The summed E-state index contributed by atoms with van der Waals surface area (Å²) in [6.07, 6.45) is 0. The molecule has 0 saturated heterocycles. The minimum atomic E-state index is -3.33. The predicted octanol–water partition coefficient (Wildman–Crippen LogP) is 1.42. The van der Waals surface area contributed by atoms with Crippen LogP contribution in [0.5, 0.6) is 5.75 Å². The van der Waals surface area contributed by atoms with Gasteiger partial charge in [0, 0.05) is 13.0 Å². The predicted molar refractivity (Wildman–Crippen MR) is 70.4 cm³/mol. The number of methoxy groups -OCH3 is 1. The molecule has 0 aromatic heterocycles. The third-order valence-electron chi connectivity index (χ3n) is 2.17. The summed E-state index contributed by atoms with van der Waals surface area (Å²) in [6.45, 7) is 2.93. The summed E-state index contributed by atoms with van der Waals surface area (Å²) >= 11 is 0. The van der Waals surface area contributed by atoms with Crippen LogP contribution >= 0.6 is 0 Å². The number of hydrogen-bond acceptors (Lipinski definition) is 4. The highest BCUT2D eigenvalue weighted by atomic mass is 32.2. The molecule has 1 aromatic carbocycles. The second-order valence-corrected chi connectivity index (χ2v) is 5.61. The Labute approximate surface area is 106 Å². The van der Waals surface area contributed by atoms with Crippen molar-refractivity contribution in [3.05, 3.63) is 18.2 Å². The minimum absolute atomic E-state index is 0.0111. The zero-order chi connectivity index (χ0) is 13.8. The first-order chi connectivity index (χ1) is 8.38. The Morgan fingerprint density at radius 1 is 1.39 bits per heavy atom. The number of nitrogens with one attached hydrogen (secondary N) is 2. The maximum absolute atomic E-state index is 11.4. The maximum atomic E-state index is 11.4. The number of carbonyl (C=O) groups is 1. The van der Waals surface area contributed by atoms with E-state index >= 15 is 0 Å². The van der Waals surface area contributed by atoms with Gasteiger partial charge in [-0.05, 0) is 19.1 Å². The van der Waals surface area contributed by atoms with Crippen LogP contribution in [-0.4, -0.2) is 27.2 Å². The van der Waals surface area contributed by atoms with E-state index in [2.05, 4.69) is 10.0 Å². The molecule has 0 atom stereocenters. The summed E-state index contributed by atoms with van der Waals surface area (Å²) in [6, 6.07) is 4.65. The van der Waals surface area contributed by atoms with E-state index in [0.717, 1.165) is 0 Å². The molecular weight excluding hydrogens is 256 g/mol. The lowest BCUT2D eigenvalue weighted by atomic mass is 10.2. The van der Waals surface area contributed by atoms with Gasteiger partial charge in [-0.2, -0.15) is 0 Å². The highest BCUT2D eigenvalue weighted by Crippen LogP contribution is 2.28. The van der Waals surface area contributed by atoms with Gasteiger partial charge in [0.1, 0.15) is 5.75 Å². The van der Waals surface area contributed by atoms with E-state index in [9.17, 15) is 13.2 Å². The Bertz CT molecular complexity index is 540. The molecule has 1 amide bonds. The fourth-order valence-electron chi connectivity index (χ4n) is 1.30. The quantitative estimate of drug-likeness (QED) is 0.849. The molecule has 2 N–H and O–H groups in total. The number of sulfonamides is 1. The topological polar surface area (TPSA) is 84.5 Å². The number of carbonyl (C=O) groups excluding carboxylic acids is 1. The van der Waals surface area contributed by atoms with Crippen LogP contribution in [0.1, 0.15) is 13.8 Å². The highest BCUT2D eigenvalue weighted by Gasteiger charge is 2.10. The van der Waals surface area contributed by atoms with Gasteiger partial charge in [-0.3, -0.25) is 9.52 Å². The monoisotopic (exact) mass is 272 g/mol. The zero-order valence-corrected chi connectivity index (χ0v) is 11.3. The van der Waals surface area contributed by atoms with Crippen molar-refractivity contribution < 1.29 is 17.9 Å². The molecule has 0 radical (unpaired) electrons. The molecule has 18 heavy (non-hydrogen) atoms. The summed E-state index contributed by atoms with van der Waals surface area (Å²) in [5.41, 5.74) is 0.882.